The highest BCUT2D eigenvalue weighted by Crippen LogP contribution is 2.29. The molecule has 0 radical (unpaired) electrons. The monoisotopic (exact) mass is 375 g/mol. The van der Waals surface area contributed by atoms with Crippen LogP contribution in [0.3, 0.4) is 0 Å². The van der Waals surface area contributed by atoms with Gasteiger partial charge >= 0.3 is 0 Å². The highest BCUT2D eigenvalue weighted by Gasteiger charge is 2.12. The third-order valence-corrected chi connectivity index (χ3v) is 4.32. The fourth-order valence-electron chi connectivity index (χ4n) is 2.76. The lowest BCUT2D eigenvalue weighted by atomic mass is 10.1. The first kappa shape index (κ1) is 19.5. The van der Waals surface area contributed by atoms with Crippen molar-refractivity contribution < 1.29 is 14.3 Å². The molecule has 0 aliphatic carbocycles. The molecule has 0 saturated heterocycles. The van der Waals surface area contributed by atoms with E-state index in [4.69, 9.17) is 9.47 Å². The van der Waals surface area contributed by atoms with Crippen molar-refractivity contribution in [1.29, 1.82) is 0 Å². The Morgan fingerprint density at radius 3 is 2.32 bits per heavy atom. The predicted octanol–water partition coefficient (Wildman–Crippen LogP) is 4.90. The lowest BCUT2D eigenvalue weighted by Crippen LogP contribution is -2.22. The molecule has 0 atom stereocenters. The van der Waals surface area contributed by atoms with Crippen molar-refractivity contribution >= 4 is 5.91 Å². The van der Waals surface area contributed by atoms with Gasteiger partial charge in [-0.05, 0) is 43.2 Å². The first-order chi connectivity index (χ1) is 13.7. The van der Waals surface area contributed by atoms with Crippen LogP contribution in [0.15, 0.2) is 72.8 Å². The molecule has 0 unspecified atom stereocenters. The molecule has 0 fully saturated rings. The molecule has 144 valence electrons. The van der Waals surface area contributed by atoms with Gasteiger partial charge in [0.05, 0.1) is 6.61 Å². The number of ether oxygens (including phenoxy) is 2. The molecule has 4 heteroatoms. The Kier molecular flexibility index (Phi) is 6.68. The maximum absolute atomic E-state index is 12.5. The zero-order valence-electron chi connectivity index (χ0n) is 16.3. The largest absolute Gasteiger partial charge is 0.490 e. The highest BCUT2D eigenvalue weighted by molar-refractivity contribution is 5.94. The van der Waals surface area contributed by atoms with Crippen molar-refractivity contribution in [2.45, 2.75) is 27.0 Å². The van der Waals surface area contributed by atoms with Gasteiger partial charge in [0.15, 0.2) is 11.5 Å². The number of aryl methyl sites for hydroxylation is 1. The number of hydrogen-bond acceptors (Lipinski definition) is 3. The second kappa shape index (κ2) is 9.60. The van der Waals surface area contributed by atoms with Gasteiger partial charge in [0.25, 0.3) is 5.91 Å². The van der Waals surface area contributed by atoms with E-state index in [9.17, 15) is 4.79 Å². The van der Waals surface area contributed by atoms with E-state index < -0.39 is 0 Å². The topological polar surface area (TPSA) is 47.6 Å². The van der Waals surface area contributed by atoms with Crippen LogP contribution < -0.4 is 14.8 Å². The lowest BCUT2D eigenvalue weighted by Gasteiger charge is -2.14. The average Bonchev–Trinajstić information content (AvgIpc) is 2.73. The van der Waals surface area contributed by atoms with Crippen LogP contribution in [0.4, 0.5) is 0 Å². The van der Waals surface area contributed by atoms with Gasteiger partial charge in [0.1, 0.15) is 6.61 Å². The molecule has 0 spiro atoms. The predicted molar refractivity (Wildman–Crippen MR) is 111 cm³/mol. The molecular weight excluding hydrogens is 350 g/mol. The van der Waals surface area contributed by atoms with Crippen LogP contribution in [-0.2, 0) is 13.2 Å². The Bertz CT molecular complexity index is 905. The quantitative estimate of drug-likeness (QED) is 0.609. The van der Waals surface area contributed by atoms with Gasteiger partial charge in [0, 0.05) is 12.1 Å². The molecular formula is C24H25NO3. The number of nitrogens with one attached hydrogen (secondary N) is 1. The van der Waals surface area contributed by atoms with Gasteiger partial charge in [-0.25, -0.2) is 0 Å². The van der Waals surface area contributed by atoms with Crippen molar-refractivity contribution in [3.8, 4) is 11.5 Å². The van der Waals surface area contributed by atoms with Gasteiger partial charge in [-0.1, -0.05) is 60.2 Å². The van der Waals surface area contributed by atoms with Crippen LogP contribution in [0.1, 0.15) is 34.0 Å². The summed E-state index contributed by atoms with van der Waals surface area (Å²) in [7, 11) is 0. The van der Waals surface area contributed by atoms with Gasteiger partial charge in [-0.2, -0.15) is 0 Å². The molecule has 0 aliphatic heterocycles. The molecule has 1 amide bonds. The Morgan fingerprint density at radius 2 is 1.61 bits per heavy atom. The highest BCUT2D eigenvalue weighted by atomic mass is 16.5. The van der Waals surface area contributed by atoms with E-state index in [1.165, 1.54) is 5.56 Å². The van der Waals surface area contributed by atoms with E-state index in [2.05, 4.69) is 24.4 Å². The molecule has 28 heavy (non-hydrogen) atoms. The summed E-state index contributed by atoms with van der Waals surface area (Å²) < 4.78 is 11.6. The summed E-state index contributed by atoms with van der Waals surface area (Å²) in [5.41, 5.74) is 3.89. The summed E-state index contributed by atoms with van der Waals surface area (Å²) >= 11 is 0. The van der Waals surface area contributed by atoms with Gasteiger partial charge in [-0.15, -0.1) is 0 Å². The van der Waals surface area contributed by atoms with E-state index >= 15 is 0 Å². The van der Waals surface area contributed by atoms with Crippen LogP contribution in [0.25, 0.3) is 0 Å². The maximum atomic E-state index is 12.5. The minimum absolute atomic E-state index is 0.144. The second-order valence-electron chi connectivity index (χ2n) is 6.54. The third-order valence-electron chi connectivity index (χ3n) is 4.32. The minimum Gasteiger partial charge on any atom is -0.490 e. The van der Waals surface area contributed by atoms with Gasteiger partial charge in [0.2, 0.25) is 0 Å². The third kappa shape index (κ3) is 5.36. The minimum atomic E-state index is -0.144. The van der Waals surface area contributed by atoms with Crippen molar-refractivity contribution in [1.82, 2.24) is 5.32 Å². The lowest BCUT2D eigenvalue weighted by molar-refractivity contribution is 0.0950. The van der Waals surface area contributed by atoms with Crippen LogP contribution in [0, 0.1) is 6.92 Å². The van der Waals surface area contributed by atoms with E-state index in [-0.39, 0.29) is 5.91 Å². The van der Waals surface area contributed by atoms with Crippen LogP contribution in [0.5, 0.6) is 11.5 Å². The van der Waals surface area contributed by atoms with E-state index in [0.29, 0.717) is 36.8 Å². The first-order valence-corrected chi connectivity index (χ1v) is 9.43. The summed E-state index contributed by atoms with van der Waals surface area (Å²) in [4.78, 5) is 12.5. The molecule has 4 nitrogen and oxygen atoms in total. The summed E-state index contributed by atoms with van der Waals surface area (Å²) in [5.74, 6) is 1.05. The van der Waals surface area contributed by atoms with E-state index in [0.717, 1.165) is 11.1 Å². The number of carbonyl (C=O) groups is 1. The smallest absolute Gasteiger partial charge is 0.251 e. The summed E-state index contributed by atoms with van der Waals surface area (Å²) in [5, 5.41) is 2.93. The average molecular weight is 375 g/mol. The maximum Gasteiger partial charge on any atom is 0.251 e. The molecule has 3 rings (SSSR count). The molecule has 1 N–H and O–H groups in total. The molecule has 3 aromatic carbocycles. The van der Waals surface area contributed by atoms with Crippen LogP contribution in [-0.4, -0.2) is 12.5 Å². The molecule has 0 aliphatic rings. The fourth-order valence-corrected chi connectivity index (χ4v) is 2.76. The summed E-state index contributed by atoms with van der Waals surface area (Å²) in [6, 6.07) is 23.3. The molecule has 0 aromatic heterocycles. The van der Waals surface area contributed by atoms with Crippen molar-refractivity contribution in [3.05, 3.63) is 95.1 Å². The van der Waals surface area contributed by atoms with E-state index in [1.807, 2.05) is 49.4 Å². The van der Waals surface area contributed by atoms with Crippen LogP contribution in [0.2, 0.25) is 0 Å². The standard InChI is InChI=1S/C24H25NO3/c1-3-27-23-15-21(24(26)25-16-19-7-5-4-6-8-19)13-14-22(23)28-17-20-11-9-18(2)10-12-20/h4-15H,3,16-17H2,1-2H3,(H,25,26). The molecule has 0 bridgehead atoms. The Labute approximate surface area is 166 Å². The van der Waals surface area contributed by atoms with Crippen molar-refractivity contribution in [2.24, 2.45) is 0 Å². The first-order valence-electron chi connectivity index (χ1n) is 9.43. The number of amides is 1. The van der Waals surface area contributed by atoms with Crippen molar-refractivity contribution in [3.63, 3.8) is 0 Å². The summed E-state index contributed by atoms with van der Waals surface area (Å²) in [6.45, 7) is 5.39. The molecule has 0 saturated carbocycles. The van der Waals surface area contributed by atoms with Gasteiger partial charge < -0.3 is 14.8 Å². The number of rotatable bonds is 8. The Hall–Kier alpha value is -3.27. The number of benzene rings is 3. The van der Waals surface area contributed by atoms with E-state index in [1.54, 1.807) is 18.2 Å². The van der Waals surface area contributed by atoms with Crippen LogP contribution >= 0.6 is 0 Å². The van der Waals surface area contributed by atoms with Crippen molar-refractivity contribution in [2.75, 3.05) is 6.61 Å². The van der Waals surface area contributed by atoms with Gasteiger partial charge in [-0.3, -0.25) is 4.79 Å². The number of carbonyl (C=O) groups excluding carboxylic acids is 1. The number of hydrogen-bond donors (Lipinski definition) is 1. The normalized spacial score (nSPS) is 10.4. The zero-order valence-corrected chi connectivity index (χ0v) is 16.3. The SMILES string of the molecule is CCOc1cc(C(=O)NCc2ccccc2)ccc1OCc1ccc(C)cc1. The second-order valence-corrected chi connectivity index (χ2v) is 6.54. The molecule has 3 aromatic rings. The summed E-state index contributed by atoms with van der Waals surface area (Å²) in [6.07, 6.45) is 0. The Morgan fingerprint density at radius 1 is 0.857 bits per heavy atom. The zero-order chi connectivity index (χ0) is 19.8. The Balaban J connectivity index is 1.67. The molecule has 0 heterocycles. The fraction of sp³-hybridized carbons (Fsp3) is 0.208.